The number of hydrogen-bond donors (Lipinski definition) is 1. The van der Waals surface area contributed by atoms with Crippen LogP contribution in [0.4, 0.5) is 0 Å². The minimum absolute atomic E-state index is 0.927. The number of hydrogen-bond acceptors (Lipinski definition) is 1. The molecule has 1 aromatic heterocycles. The second kappa shape index (κ2) is 4.47. The van der Waals surface area contributed by atoms with Crippen LogP contribution in [0.2, 0.25) is 0 Å². The Kier molecular flexibility index (Phi) is 2.79. The number of para-hydroxylation sites is 1. The molecular weight excluding hydrogens is 234 g/mol. The molecule has 0 saturated heterocycles. The number of H-pyrrole nitrogens is 1. The first kappa shape index (κ1) is 11.8. The lowest BCUT2D eigenvalue weighted by Crippen LogP contribution is -1.87. The van der Waals surface area contributed by atoms with Crippen molar-refractivity contribution < 1.29 is 4.74 Å². The van der Waals surface area contributed by atoms with Gasteiger partial charge < -0.3 is 9.72 Å². The topological polar surface area (TPSA) is 25.0 Å². The second-order valence-electron chi connectivity index (χ2n) is 4.91. The zero-order valence-electron chi connectivity index (χ0n) is 11.4. The largest absolute Gasteiger partial charge is 0.496 e. The highest BCUT2D eigenvalue weighted by atomic mass is 16.5. The van der Waals surface area contributed by atoms with Crippen molar-refractivity contribution in [1.82, 2.24) is 4.98 Å². The van der Waals surface area contributed by atoms with Gasteiger partial charge in [0, 0.05) is 16.6 Å². The summed E-state index contributed by atoms with van der Waals surface area (Å²) in [6, 6.07) is 14.8. The molecule has 19 heavy (non-hydrogen) atoms. The van der Waals surface area contributed by atoms with E-state index in [1.165, 1.54) is 22.0 Å². The van der Waals surface area contributed by atoms with Crippen molar-refractivity contribution in [2.45, 2.75) is 13.8 Å². The van der Waals surface area contributed by atoms with Crippen LogP contribution in [-0.4, -0.2) is 12.1 Å². The number of methoxy groups -OCH3 is 1. The quantitative estimate of drug-likeness (QED) is 0.714. The van der Waals surface area contributed by atoms with Gasteiger partial charge in [-0.15, -0.1) is 0 Å². The Labute approximate surface area is 113 Å². The van der Waals surface area contributed by atoms with E-state index in [2.05, 4.69) is 55.2 Å². The fraction of sp³-hybridized carbons (Fsp3) is 0.176. The molecule has 0 saturated carbocycles. The van der Waals surface area contributed by atoms with Crippen LogP contribution in [0.3, 0.4) is 0 Å². The summed E-state index contributed by atoms with van der Waals surface area (Å²) in [4.78, 5) is 3.50. The van der Waals surface area contributed by atoms with Crippen LogP contribution >= 0.6 is 0 Å². The van der Waals surface area contributed by atoms with Crippen molar-refractivity contribution in [2.24, 2.45) is 0 Å². The SMILES string of the molecule is COc1ccc(-c2cc3cccc(C)c3[nH]2)cc1C. The van der Waals surface area contributed by atoms with E-state index >= 15 is 0 Å². The lowest BCUT2D eigenvalue weighted by molar-refractivity contribution is 0.412. The monoisotopic (exact) mass is 251 g/mol. The summed E-state index contributed by atoms with van der Waals surface area (Å²) in [5, 5.41) is 1.25. The highest BCUT2D eigenvalue weighted by molar-refractivity contribution is 5.88. The summed E-state index contributed by atoms with van der Waals surface area (Å²) in [6.45, 7) is 4.19. The predicted octanol–water partition coefficient (Wildman–Crippen LogP) is 4.46. The van der Waals surface area contributed by atoms with Crippen LogP contribution in [0.5, 0.6) is 5.75 Å². The lowest BCUT2D eigenvalue weighted by Gasteiger charge is -2.06. The summed E-state index contributed by atoms with van der Waals surface area (Å²) < 4.78 is 5.30. The van der Waals surface area contributed by atoms with Gasteiger partial charge in [0.1, 0.15) is 5.75 Å². The molecule has 0 aliphatic heterocycles. The highest BCUT2D eigenvalue weighted by Crippen LogP contribution is 2.29. The predicted molar refractivity (Wildman–Crippen MR) is 79.8 cm³/mol. The van der Waals surface area contributed by atoms with Gasteiger partial charge in [-0.2, -0.15) is 0 Å². The summed E-state index contributed by atoms with van der Waals surface area (Å²) >= 11 is 0. The molecule has 1 heterocycles. The number of aromatic amines is 1. The van der Waals surface area contributed by atoms with Crippen LogP contribution in [0, 0.1) is 13.8 Å². The standard InChI is InChI=1S/C17H17NO/c1-11-5-4-6-14-10-15(18-17(11)14)13-7-8-16(19-3)12(2)9-13/h4-10,18H,1-3H3. The zero-order chi connectivity index (χ0) is 13.4. The zero-order valence-corrected chi connectivity index (χ0v) is 11.4. The molecule has 3 aromatic rings. The summed E-state index contributed by atoms with van der Waals surface area (Å²) in [5.74, 6) is 0.927. The van der Waals surface area contributed by atoms with Gasteiger partial charge >= 0.3 is 0 Å². The molecule has 0 aliphatic carbocycles. The first-order chi connectivity index (χ1) is 9.19. The Morgan fingerprint density at radius 3 is 2.47 bits per heavy atom. The van der Waals surface area contributed by atoms with Crippen molar-refractivity contribution in [3.63, 3.8) is 0 Å². The summed E-state index contributed by atoms with van der Waals surface area (Å²) in [5.41, 5.74) is 5.97. The van der Waals surface area contributed by atoms with Gasteiger partial charge in [-0.05, 0) is 54.8 Å². The normalized spacial score (nSPS) is 10.9. The van der Waals surface area contributed by atoms with E-state index in [9.17, 15) is 0 Å². The molecule has 0 aliphatic rings. The molecular formula is C17H17NO. The third kappa shape index (κ3) is 1.99. The molecule has 0 atom stereocenters. The molecule has 3 rings (SSSR count). The molecule has 2 heteroatoms. The van der Waals surface area contributed by atoms with E-state index in [0.717, 1.165) is 17.0 Å². The third-order valence-corrected chi connectivity index (χ3v) is 3.57. The Hall–Kier alpha value is -2.22. The average Bonchev–Trinajstić information content (AvgIpc) is 2.84. The maximum absolute atomic E-state index is 5.30. The number of aromatic nitrogens is 1. The molecule has 0 fully saturated rings. The smallest absolute Gasteiger partial charge is 0.121 e. The minimum Gasteiger partial charge on any atom is -0.496 e. The van der Waals surface area contributed by atoms with E-state index in [1.54, 1.807) is 7.11 Å². The molecule has 0 radical (unpaired) electrons. The Balaban J connectivity index is 2.14. The van der Waals surface area contributed by atoms with Crippen molar-refractivity contribution in [2.75, 3.05) is 7.11 Å². The molecule has 0 unspecified atom stereocenters. The van der Waals surface area contributed by atoms with Gasteiger partial charge in [-0.1, -0.05) is 18.2 Å². The lowest BCUT2D eigenvalue weighted by atomic mass is 10.1. The molecule has 96 valence electrons. The van der Waals surface area contributed by atoms with E-state index in [4.69, 9.17) is 4.74 Å². The molecule has 0 bridgehead atoms. The first-order valence-corrected chi connectivity index (χ1v) is 6.42. The number of aryl methyl sites for hydroxylation is 2. The summed E-state index contributed by atoms with van der Waals surface area (Å²) in [6.07, 6.45) is 0. The fourth-order valence-electron chi connectivity index (χ4n) is 2.51. The van der Waals surface area contributed by atoms with Gasteiger partial charge in [0.25, 0.3) is 0 Å². The molecule has 2 aromatic carbocycles. The number of nitrogens with one attached hydrogen (secondary N) is 1. The van der Waals surface area contributed by atoms with Gasteiger partial charge in [0.2, 0.25) is 0 Å². The highest BCUT2D eigenvalue weighted by Gasteiger charge is 2.06. The van der Waals surface area contributed by atoms with Crippen LogP contribution in [0.15, 0.2) is 42.5 Å². The Morgan fingerprint density at radius 1 is 0.947 bits per heavy atom. The molecule has 0 spiro atoms. The second-order valence-corrected chi connectivity index (χ2v) is 4.91. The summed E-state index contributed by atoms with van der Waals surface area (Å²) in [7, 11) is 1.70. The van der Waals surface area contributed by atoms with Crippen molar-refractivity contribution in [1.29, 1.82) is 0 Å². The van der Waals surface area contributed by atoms with Crippen LogP contribution in [0.1, 0.15) is 11.1 Å². The maximum atomic E-state index is 5.30. The Bertz CT molecular complexity index is 740. The van der Waals surface area contributed by atoms with Crippen LogP contribution in [0.25, 0.3) is 22.2 Å². The van der Waals surface area contributed by atoms with Gasteiger partial charge in [0.05, 0.1) is 7.11 Å². The van der Waals surface area contributed by atoms with Gasteiger partial charge in [-0.3, -0.25) is 0 Å². The van der Waals surface area contributed by atoms with E-state index in [1.807, 2.05) is 6.07 Å². The molecule has 2 nitrogen and oxygen atoms in total. The van der Waals surface area contributed by atoms with Crippen molar-refractivity contribution >= 4 is 10.9 Å². The number of rotatable bonds is 2. The number of ether oxygens (including phenoxy) is 1. The van der Waals surface area contributed by atoms with Crippen LogP contribution in [-0.2, 0) is 0 Å². The van der Waals surface area contributed by atoms with Crippen molar-refractivity contribution in [3.05, 3.63) is 53.6 Å². The fourth-order valence-corrected chi connectivity index (χ4v) is 2.51. The van der Waals surface area contributed by atoms with E-state index < -0.39 is 0 Å². The average molecular weight is 251 g/mol. The number of fused-ring (bicyclic) bond motifs is 1. The van der Waals surface area contributed by atoms with Gasteiger partial charge in [0.15, 0.2) is 0 Å². The third-order valence-electron chi connectivity index (χ3n) is 3.57. The van der Waals surface area contributed by atoms with E-state index in [-0.39, 0.29) is 0 Å². The maximum Gasteiger partial charge on any atom is 0.121 e. The Morgan fingerprint density at radius 2 is 1.79 bits per heavy atom. The minimum atomic E-state index is 0.927. The first-order valence-electron chi connectivity index (χ1n) is 6.42. The van der Waals surface area contributed by atoms with E-state index in [0.29, 0.717) is 0 Å². The number of benzene rings is 2. The molecule has 1 N–H and O–H groups in total. The van der Waals surface area contributed by atoms with Crippen LogP contribution < -0.4 is 4.74 Å². The van der Waals surface area contributed by atoms with Crippen molar-refractivity contribution in [3.8, 4) is 17.0 Å². The molecule has 0 amide bonds. The van der Waals surface area contributed by atoms with Gasteiger partial charge in [-0.25, -0.2) is 0 Å².